The molecular weight excluding hydrogens is 180 g/mol. The van der Waals surface area contributed by atoms with E-state index in [1.165, 1.54) is 0 Å². The molecule has 2 N–H and O–H groups in total. The number of hydrogen-bond donors (Lipinski definition) is 2. The van der Waals surface area contributed by atoms with Crippen molar-refractivity contribution in [3.05, 3.63) is 0 Å². The van der Waals surface area contributed by atoms with E-state index in [0.29, 0.717) is 0 Å². The van der Waals surface area contributed by atoms with Gasteiger partial charge in [-0.2, -0.15) is 5.26 Å². The van der Waals surface area contributed by atoms with E-state index in [1.807, 2.05) is 0 Å². The zero-order valence-electron chi connectivity index (χ0n) is 6.82. The fourth-order valence-corrected chi connectivity index (χ4v) is 1.82. The topological polar surface area (TPSA) is 90.2 Å². The van der Waals surface area contributed by atoms with Crippen LogP contribution in [0.4, 0.5) is 0 Å². The highest BCUT2D eigenvalue weighted by Crippen LogP contribution is 2.01. The number of nitrogens with zero attached hydrogens (tertiary/aromatic N) is 1. The van der Waals surface area contributed by atoms with Crippen LogP contribution < -0.4 is 4.72 Å². The predicted molar refractivity (Wildman–Crippen MR) is 43.7 cm³/mol. The molecule has 1 unspecified atom stereocenters. The standard InChI is InChI=1S/C6H12N2O3S/c1-2-6(5-7)12(10,11)8-3-4-9/h6,8-9H,2-4H2,1H3. The third-order valence-corrected chi connectivity index (χ3v) is 3.10. The summed E-state index contributed by atoms with van der Waals surface area (Å²) in [5, 5.41) is 15.8. The van der Waals surface area contributed by atoms with Gasteiger partial charge in [0.1, 0.15) is 0 Å². The molecule has 0 aromatic carbocycles. The van der Waals surface area contributed by atoms with Gasteiger partial charge in [-0.25, -0.2) is 13.1 Å². The lowest BCUT2D eigenvalue weighted by Gasteiger charge is -2.07. The molecule has 0 aliphatic heterocycles. The Labute approximate surface area is 72.1 Å². The molecule has 0 rings (SSSR count). The van der Waals surface area contributed by atoms with Gasteiger partial charge < -0.3 is 5.11 Å². The maximum absolute atomic E-state index is 11.1. The zero-order valence-corrected chi connectivity index (χ0v) is 7.63. The van der Waals surface area contributed by atoms with Gasteiger partial charge in [0.25, 0.3) is 0 Å². The van der Waals surface area contributed by atoms with Crippen molar-refractivity contribution in [2.24, 2.45) is 0 Å². The van der Waals surface area contributed by atoms with Gasteiger partial charge in [0.05, 0.1) is 12.7 Å². The Morgan fingerprint density at radius 1 is 1.67 bits per heavy atom. The Hall–Kier alpha value is -0.640. The number of aliphatic hydroxyl groups excluding tert-OH is 1. The molecule has 0 spiro atoms. The zero-order chi connectivity index (χ0) is 9.61. The lowest BCUT2D eigenvalue weighted by molar-refractivity contribution is 0.301. The highest BCUT2D eigenvalue weighted by molar-refractivity contribution is 7.90. The number of rotatable bonds is 5. The van der Waals surface area contributed by atoms with E-state index in [0.717, 1.165) is 0 Å². The Bertz CT molecular complexity index is 254. The van der Waals surface area contributed by atoms with Crippen molar-refractivity contribution >= 4 is 10.0 Å². The second-order valence-electron chi connectivity index (χ2n) is 2.19. The van der Waals surface area contributed by atoms with Crippen LogP contribution in [-0.2, 0) is 10.0 Å². The summed E-state index contributed by atoms with van der Waals surface area (Å²) in [5.41, 5.74) is 0. The number of sulfonamides is 1. The van der Waals surface area contributed by atoms with E-state index in [9.17, 15) is 8.42 Å². The molecule has 0 aliphatic rings. The van der Waals surface area contributed by atoms with E-state index in [1.54, 1.807) is 13.0 Å². The molecule has 0 aromatic heterocycles. The average molecular weight is 192 g/mol. The third kappa shape index (κ3) is 3.17. The first-order chi connectivity index (χ1) is 5.58. The molecule has 5 nitrogen and oxygen atoms in total. The van der Waals surface area contributed by atoms with Crippen LogP contribution in [0.25, 0.3) is 0 Å². The molecule has 0 heterocycles. The Morgan fingerprint density at radius 3 is 2.58 bits per heavy atom. The van der Waals surface area contributed by atoms with Crippen molar-refractivity contribution in [3.8, 4) is 6.07 Å². The molecule has 0 aliphatic carbocycles. The molecule has 0 radical (unpaired) electrons. The van der Waals surface area contributed by atoms with Crippen LogP contribution in [0.2, 0.25) is 0 Å². The first-order valence-corrected chi connectivity index (χ1v) is 5.12. The first kappa shape index (κ1) is 11.4. The van der Waals surface area contributed by atoms with Gasteiger partial charge in [-0.3, -0.25) is 0 Å². The minimum absolute atomic E-state index is 0.0412. The lowest BCUT2D eigenvalue weighted by atomic mass is 10.4. The summed E-state index contributed by atoms with van der Waals surface area (Å²) in [6.07, 6.45) is 0.247. The summed E-state index contributed by atoms with van der Waals surface area (Å²) < 4.78 is 24.3. The summed E-state index contributed by atoms with van der Waals surface area (Å²) in [6.45, 7) is 1.31. The van der Waals surface area contributed by atoms with Gasteiger partial charge in [0.2, 0.25) is 10.0 Å². The molecule has 0 bridgehead atoms. The minimum atomic E-state index is -3.56. The van der Waals surface area contributed by atoms with Crippen LogP contribution in [0.1, 0.15) is 13.3 Å². The van der Waals surface area contributed by atoms with Crippen LogP contribution in [0.5, 0.6) is 0 Å². The maximum Gasteiger partial charge on any atom is 0.228 e. The van der Waals surface area contributed by atoms with Crippen LogP contribution in [-0.4, -0.2) is 31.9 Å². The summed E-state index contributed by atoms with van der Waals surface area (Å²) in [4.78, 5) is 0. The Balaban J connectivity index is 4.30. The average Bonchev–Trinajstić information content (AvgIpc) is 2.03. The minimum Gasteiger partial charge on any atom is -0.395 e. The van der Waals surface area contributed by atoms with Gasteiger partial charge in [-0.1, -0.05) is 6.92 Å². The highest BCUT2D eigenvalue weighted by atomic mass is 32.2. The Morgan fingerprint density at radius 2 is 2.25 bits per heavy atom. The highest BCUT2D eigenvalue weighted by Gasteiger charge is 2.21. The molecule has 70 valence electrons. The van der Waals surface area contributed by atoms with Gasteiger partial charge in [-0.15, -0.1) is 0 Å². The van der Waals surface area contributed by atoms with Crippen LogP contribution in [0.15, 0.2) is 0 Å². The molecular formula is C6H12N2O3S. The van der Waals surface area contributed by atoms with Crippen molar-refractivity contribution in [1.82, 2.24) is 4.72 Å². The summed E-state index contributed by atoms with van der Waals surface area (Å²) in [7, 11) is -3.56. The van der Waals surface area contributed by atoms with E-state index in [-0.39, 0.29) is 19.6 Å². The normalized spacial score (nSPS) is 13.8. The SMILES string of the molecule is CCC(C#N)S(=O)(=O)NCCO. The van der Waals surface area contributed by atoms with Crippen LogP contribution >= 0.6 is 0 Å². The molecule has 0 saturated carbocycles. The molecule has 0 amide bonds. The third-order valence-electron chi connectivity index (χ3n) is 1.30. The fourth-order valence-electron chi connectivity index (χ4n) is 0.669. The van der Waals surface area contributed by atoms with E-state index >= 15 is 0 Å². The molecule has 0 saturated heterocycles. The monoisotopic (exact) mass is 192 g/mol. The van der Waals surface area contributed by atoms with Crippen molar-refractivity contribution in [2.75, 3.05) is 13.2 Å². The fraction of sp³-hybridized carbons (Fsp3) is 0.833. The number of nitrogens with one attached hydrogen (secondary N) is 1. The summed E-state index contributed by atoms with van der Waals surface area (Å²) in [6, 6.07) is 1.67. The van der Waals surface area contributed by atoms with Crippen LogP contribution in [0, 0.1) is 11.3 Å². The van der Waals surface area contributed by atoms with Gasteiger partial charge >= 0.3 is 0 Å². The number of nitriles is 1. The number of aliphatic hydroxyl groups is 1. The first-order valence-electron chi connectivity index (χ1n) is 3.57. The summed E-state index contributed by atoms with van der Waals surface area (Å²) >= 11 is 0. The Kier molecular flexibility index (Phi) is 4.81. The second kappa shape index (κ2) is 5.09. The molecule has 1 atom stereocenters. The van der Waals surface area contributed by atoms with Crippen molar-refractivity contribution in [1.29, 1.82) is 5.26 Å². The van der Waals surface area contributed by atoms with Crippen LogP contribution in [0.3, 0.4) is 0 Å². The lowest BCUT2D eigenvalue weighted by Crippen LogP contribution is -2.34. The maximum atomic E-state index is 11.1. The van der Waals surface area contributed by atoms with Gasteiger partial charge in [0, 0.05) is 6.54 Å². The van der Waals surface area contributed by atoms with E-state index in [2.05, 4.69) is 4.72 Å². The van der Waals surface area contributed by atoms with Gasteiger partial charge in [-0.05, 0) is 6.42 Å². The molecule has 6 heteroatoms. The van der Waals surface area contributed by atoms with Gasteiger partial charge in [0.15, 0.2) is 5.25 Å². The van der Waals surface area contributed by atoms with Crippen molar-refractivity contribution in [2.45, 2.75) is 18.6 Å². The number of hydrogen-bond acceptors (Lipinski definition) is 4. The molecule has 12 heavy (non-hydrogen) atoms. The smallest absolute Gasteiger partial charge is 0.228 e. The molecule has 0 fully saturated rings. The summed E-state index contributed by atoms with van der Waals surface area (Å²) in [5.74, 6) is 0. The van der Waals surface area contributed by atoms with Crippen molar-refractivity contribution < 1.29 is 13.5 Å². The van der Waals surface area contributed by atoms with E-state index < -0.39 is 15.3 Å². The van der Waals surface area contributed by atoms with Crippen molar-refractivity contribution in [3.63, 3.8) is 0 Å². The largest absolute Gasteiger partial charge is 0.395 e. The molecule has 0 aromatic rings. The predicted octanol–water partition coefficient (Wildman–Crippen LogP) is -0.800. The second-order valence-corrected chi connectivity index (χ2v) is 4.14. The van der Waals surface area contributed by atoms with E-state index in [4.69, 9.17) is 10.4 Å². The quantitative estimate of drug-likeness (QED) is 0.596.